The minimum absolute atomic E-state index is 0.819. The van der Waals surface area contributed by atoms with Crippen LogP contribution in [0, 0.1) is 12.8 Å². The van der Waals surface area contributed by atoms with E-state index in [2.05, 4.69) is 52.6 Å². The van der Waals surface area contributed by atoms with Crippen LogP contribution in [-0.2, 0) is 6.54 Å². The zero-order valence-corrected chi connectivity index (χ0v) is 13.5. The number of likely N-dealkylation sites (tertiary alicyclic amines) is 1. The second-order valence-corrected chi connectivity index (χ2v) is 6.32. The molecule has 1 N–H and O–H groups in total. The van der Waals surface area contributed by atoms with Crippen molar-refractivity contribution in [1.82, 2.24) is 15.4 Å². The van der Waals surface area contributed by atoms with Crippen molar-refractivity contribution >= 4 is 0 Å². The van der Waals surface area contributed by atoms with Crippen LogP contribution in [0.4, 0.5) is 0 Å². The van der Waals surface area contributed by atoms with E-state index in [-0.39, 0.29) is 0 Å². The fraction of sp³-hybridized carbons (Fsp3) is 0.500. The molecule has 0 radical (unpaired) electrons. The maximum Gasteiger partial charge on any atom is 0.151 e. The molecule has 0 bridgehead atoms. The SMILES string of the molecule is CNCC1CCN(Cc2cc(-c3ccc(C)cc3)no2)CC1. The van der Waals surface area contributed by atoms with E-state index in [0.717, 1.165) is 49.1 Å². The normalized spacial score (nSPS) is 17.0. The van der Waals surface area contributed by atoms with Crippen LogP contribution in [0.15, 0.2) is 34.9 Å². The molecule has 118 valence electrons. The van der Waals surface area contributed by atoms with Crippen LogP contribution in [0.2, 0.25) is 0 Å². The second kappa shape index (κ2) is 7.07. The molecule has 0 amide bonds. The Morgan fingerprint density at radius 1 is 1.23 bits per heavy atom. The van der Waals surface area contributed by atoms with Gasteiger partial charge in [0, 0.05) is 11.6 Å². The summed E-state index contributed by atoms with van der Waals surface area (Å²) in [4.78, 5) is 2.46. The first kappa shape index (κ1) is 15.3. The number of aromatic nitrogens is 1. The molecule has 0 unspecified atom stereocenters. The molecule has 0 atom stereocenters. The lowest BCUT2D eigenvalue weighted by Crippen LogP contribution is -2.36. The summed E-state index contributed by atoms with van der Waals surface area (Å²) in [6, 6.07) is 10.5. The van der Waals surface area contributed by atoms with Crippen LogP contribution >= 0.6 is 0 Å². The van der Waals surface area contributed by atoms with E-state index in [9.17, 15) is 0 Å². The lowest BCUT2D eigenvalue weighted by atomic mass is 9.97. The fourth-order valence-electron chi connectivity index (χ4n) is 3.11. The molecule has 1 fully saturated rings. The van der Waals surface area contributed by atoms with Crippen LogP contribution < -0.4 is 5.32 Å². The Labute approximate surface area is 132 Å². The summed E-state index contributed by atoms with van der Waals surface area (Å²) >= 11 is 0. The topological polar surface area (TPSA) is 41.3 Å². The van der Waals surface area contributed by atoms with Crippen molar-refractivity contribution in [3.8, 4) is 11.3 Å². The van der Waals surface area contributed by atoms with Gasteiger partial charge < -0.3 is 9.84 Å². The van der Waals surface area contributed by atoms with E-state index in [1.54, 1.807) is 0 Å². The largest absolute Gasteiger partial charge is 0.359 e. The first-order valence-electron chi connectivity index (χ1n) is 8.14. The number of aryl methyl sites for hydroxylation is 1. The summed E-state index contributed by atoms with van der Waals surface area (Å²) in [6.45, 7) is 6.38. The highest BCUT2D eigenvalue weighted by Gasteiger charge is 2.20. The van der Waals surface area contributed by atoms with Gasteiger partial charge in [0.2, 0.25) is 0 Å². The summed E-state index contributed by atoms with van der Waals surface area (Å²) in [5.74, 6) is 1.78. The van der Waals surface area contributed by atoms with Gasteiger partial charge in [-0.05, 0) is 52.4 Å². The third-order valence-corrected chi connectivity index (χ3v) is 4.49. The highest BCUT2D eigenvalue weighted by Crippen LogP contribution is 2.22. The van der Waals surface area contributed by atoms with Gasteiger partial charge in [-0.25, -0.2) is 0 Å². The fourth-order valence-corrected chi connectivity index (χ4v) is 3.11. The zero-order chi connectivity index (χ0) is 15.4. The smallest absolute Gasteiger partial charge is 0.151 e. The van der Waals surface area contributed by atoms with Crippen molar-refractivity contribution in [1.29, 1.82) is 0 Å². The molecule has 0 saturated carbocycles. The van der Waals surface area contributed by atoms with E-state index < -0.39 is 0 Å². The van der Waals surface area contributed by atoms with Gasteiger partial charge in [-0.3, -0.25) is 4.90 Å². The molecule has 2 aromatic rings. The molecule has 1 aliphatic rings. The number of rotatable bonds is 5. The molecule has 0 aliphatic carbocycles. The third-order valence-electron chi connectivity index (χ3n) is 4.49. The molecule has 4 nitrogen and oxygen atoms in total. The summed E-state index contributed by atoms with van der Waals surface area (Å²) < 4.78 is 5.52. The van der Waals surface area contributed by atoms with Crippen LogP contribution in [0.1, 0.15) is 24.2 Å². The van der Waals surface area contributed by atoms with Crippen LogP contribution in [0.3, 0.4) is 0 Å². The van der Waals surface area contributed by atoms with Crippen molar-refractivity contribution in [2.75, 3.05) is 26.7 Å². The maximum absolute atomic E-state index is 5.52. The number of nitrogens with zero attached hydrogens (tertiary/aromatic N) is 2. The standard InChI is InChI=1S/C18H25N3O/c1-14-3-5-16(6-4-14)18-11-17(22-20-18)13-21-9-7-15(8-10-21)12-19-2/h3-6,11,15,19H,7-10,12-13H2,1-2H3. The van der Waals surface area contributed by atoms with Gasteiger partial charge >= 0.3 is 0 Å². The first-order chi connectivity index (χ1) is 10.7. The molecule has 4 heteroatoms. The Morgan fingerprint density at radius 2 is 1.95 bits per heavy atom. The Morgan fingerprint density at radius 3 is 2.64 bits per heavy atom. The van der Waals surface area contributed by atoms with Crippen LogP contribution in [0.25, 0.3) is 11.3 Å². The number of hydrogen-bond acceptors (Lipinski definition) is 4. The highest BCUT2D eigenvalue weighted by atomic mass is 16.5. The quantitative estimate of drug-likeness (QED) is 0.921. The molecule has 0 spiro atoms. The molecule has 22 heavy (non-hydrogen) atoms. The van der Waals surface area contributed by atoms with Crippen molar-refractivity contribution in [2.45, 2.75) is 26.3 Å². The van der Waals surface area contributed by atoms with Crippen LogP contribution in [-0.4, -0.2) is 36.7 Å². The van der Waals surface area contributed by atoms with E-state index >= 15 is 0 Å². The molecule has 3 rings (SSSR count). The summed E-state index contributed by atoms with van der Waals surface area (Å²) in [6.07, 6.45) is 2.53. The molecule has 1 saturated heterocycles. The van der Waals surface area contributed by atoms with Crippen molar-refractivity contribution in [3.63, 3.8) is 0 Å². The maximum atomic E-state index is 5.52. The lowest BCUT2D eigenvalue weighted by Gasteiger charge is -2.30. The minimum Gasteiger partial charge on any atom is -0.359 e. The van der Waals surface area contributed by atoms with E-state index in [1.165, 1.54) is 18.4 Å². The number of hydrogen-bond donors (Lipinski definition) is 1. The van der Waals surface area contributed by atoms with Gasteiger partial charge in [0.15, 0.2) is 5.76 Å². The van der Waals surface area contributed by atoms with Crippen LogP contribution in [0.5, 0.6) is 0 Å². The highest BCUT2D eigenvalue weighted by molar-refractivity contribution is 5.59. The third kappa shape index (κ3) is 3.76. The molecule has 2 heterocycles. The van der Waals surface area contributed by atoms with Crippen molar-refractivity contribution in [2.24, 2.45) is 5.92 Å². The minimum atomic E-state index is 0.819. The van der Waals surface area contributed by atoms with Gasteiger partial charge in [0.05, 0.1) is 6.54 Å². The molecule has 1 aromatic carbocycles. The van der Waals surface area contributed by atoms with Gasteiger partial charge in [0.25, 0.3) is 0 Å². The van der Waals surface area contributed by atoms with Crippen molar-refractivity contribution in [3.05, 3.63) is 41.7 Å². The summed E-state index contributed by atoms with van der Waals surface area (Å²) in [5, 5.41) is 7.49. The van der Waals surface area contributed by atoms with E-state index in [1.807, 2.05) is 7.05 Å². The average molecular weight is 299 g/mol. The van der Waals surface area contributed by atoms with Gasteiger partial charge in [0.1, 0.15) is 5.69 Å². The molecular formula is C18H25N3O. The Balaban J connectivity index is 1.57. The van der Waals surface area contributed by atoms with E-state index in [4.69, 9.17) is 4.52 Å². The van der Waals surface area contributed by atoms with Gasteiger partial charge in [-0.1, -0.05) is 35.0 Å². The molecular weight excluding hydrogens is 274 g/mol. The Kier molecular flexibility index (Phi) is 4.90. The monoisotopic (exact) mass is 299 g/mol. The van der Waals surface area contributed by atoms with Gasteiger partial charge in [-0.2, -0.15) is 0 Å². The first-order valence-corrected chi connectivity index (χ1v) is 8.14. The average Bonchev–Trinajstić information content (AvgIpc) is 2.99. The Bertz CT molecular complexity index is 583. The van der Waals surface area contributed by atoms with Gasteiger partial charge in [-0.15, -0.1) is 0 Å². The number of nitrogens with one attached hydrogen (secondary N) is 1. The van der Waals surface area contributed by atoms with E-state index in [0.29, 0.717) is 0 Å². The van der Waals surface area contributed by atoms with Crippen molar-refractivity contribution < 1.29 is 4.52 Å². The lowest BCUT2D eigenvalue weighted by molar-refractivity contribution is 0.161. The second-order valence-electron chi connectivity index (χ2n) is 6.32. The Hall–Kier alpha value is -1.65. The number of piperidine rings is 1. The zero-order valence-electron chi connectivity index (χ0n) is 13.5. The summed E-state index contributed by atoms with van der Waals surface area (Å²) in [5.41, 5.74) is 3.31. The predicted octanol–water partition coefficient (Wildman–Crippen LogP) is 3.08. The predicted molar refractivity (Wildman–Crippen MR) is 88.6 cm³/mol. The molecule has 1 aliphatic heterocycles. The summed E-state index contributed by atoms with van der Waals surface area (Å²) in [7, 11) is 2.04. The number of benzene rings is 1. The molecule has 1 aromatic heterocycles.